The van der Waals surface area contributed by atoms with Gasteiger partial charge in [-0.05, 0) is 39.3 Å². The van der Waals surface area contributed by atoms with E-state index in [0.29, 0.717) is 12.0 Å². The van der Waals surface area contributed by atoms with Crippen LogP contribution in [0.4, 0.5) is 18.9 Å². The Bertz CT molecular complexity index is 451. The third-order valence-corrected chi connectivity index (χ3v) is 3.74. The third kappa shape index (κ3) is 3.41. The molecule has 1 heterocycles. The van der Waals surface area contributed by atoms with Crippen LogP contribution < -0.4 is 5.32 Å². The second-order valence-electron chi connectivity index (χ2n) is 5.35. The van der Waals surface area contributed by atoms with Crippen LogP contribution in [-0.4, -0.2) is 31.1 Å². The Labute approximate surface area is 111 Å². The molecule has 1 N–H and O–H groups in total. The van der Waals surface area contributed by atoms with Crippen LogP contribution in [0.5, 0.6) is 0 Å². The molecule has 0 saturated carbocycles. The number of benzene rings is 1. The zero-order valence-electron chi connectivity index (χ0n) is 11.2. The average molecular weight is 272 g/mol. The molecule has 106 valence electrons. The van der Waals surface area contributed by atoms with Crippen molar-refractivity contribution in [3.05, 3.63) is 29.6 Å². The van der Waals surface area contributed by atoms with Gasteiger partial charge in [-0.1, -0.05) is 0 Å². The molecule has 1 aliphatic rings. The molecule has 1 aliphatic heterocycles. The van der Waals surface area contributed by atoms with Crippen molar-refractivity contribution in [2.45, 2.75) is 25.8 Å². The molecule has 1 saturated heterocycles. The summed E-state index contributed by atoms with van der Waals surface area (Å²) in [5, 5.41) is 2.90. The van der Waals surface area contributed by atoms with Crippen molar-refractivity contribution >= 4 is 5.69 Å². The Morgan fingerprint density at radius 1 is 1.32 bits per heavy atom. The SMILES string of the molecule is CC(Nc1cc(F)cc(F)c1F)C1CCCN(C)C1. The van der Waals surface area contributed by atoms with Gasteiger partial charge in [-0.25, -0.2) is 13.2 Å². The van der Waals surface area contributed by atoms with E-state index >= 15 is 0 Å². The Balaban J connectivity index is 2.08. The van der Waals surface area contributed by atoms with Crippen molar-refractivity contribution in [1.82, 2.24) is 4.90 Å². The third-order valence-electron chi connectivity index (χ3n) is 3.74. The second kappa shape index (κ2) is 5.82. The molecule has 5 heteroatoms. The highest BCUT2D eigenvalue weighted by molar-refractivity contribution is 5.46. The summed E-state index contributed by atoms with van der Waals surface area (Å²) in [7, 11) is 2.04. The topological polar surface area (TPSA) is 15.3 Å². The first-order valence-corrected chi connectivity index (χ1v) is 6.57. The fraction of sp³-hybridized carbons (Fsp3) is 0.571. The van der Waals surface area contributed by atoms with Gasteiger partial charge in [0.15, 0.2) is 11.6 Å². The summed E-state index contributed by atoms with van der Waals surface area (Å²) in [5.74, 6) is -2.59. The number of piperidine rings is 1. The van der Waals surface area contributed by atoms with Crippen molar-refractivity contribution in [3.63, 3.8) is 0 Å². The largest absolute Gasteiger partial charge is 0.380 e. The van der Waals surface area contributed by atoms with Gasteiger partial charge in [0.1, 0.15) is 5.82 Å². The van der Waals surface area contributed by atoms with Crippen molar-refractivity contribution in [2.75, 3.05) is 25.5 Å². The molecule has 0 radical (unpaired) electrons. The molecule has 2 atom stereocenters. The first-order chi connectivity index (χ1) is 8.97. The van der Waals surface area contributed by atoms with Gasteiger partial charge in [0, 0.05) is 24.7 Å². The fourth-order valence-electron chi connectivity index (χ4n) is 2.64. The Kier molecular flexibility index (Phi) is 4.34. The van der Waals surface area contributed by atoms with Crippen molar-refractivity contribution in [2.24, 2.45) is 5.92 Å². The minimum Gasteiger partial charge on any atom is -0.380 e. The molecule has 0 spiro atoms. The number of halogens is 3. The molecular weight excluding hydrogens is 253 g/mol. The molecular formula is C14H19F3N2. The van der Waals surface area contributed by atoms with E-state index in [1.165, 1.54) is 0 Å². The number of nitrogens with zero attached hydrogens (tertiary/aromatic N) is 1. The van der Waals surface area contributed by atoms with Crippen molar-refractivity contribution in [1.29, 1.82) is 0 Å². The number of hydrogen-bond acceptors (Lipinski definition) is 2. The predicted octanol–water partition coefficient (Wildman–Crippen LogP) is 3.25. The lowest BCUT2D eigenvalue weighted by atomic mass is 9.91. The molecule has 1 aromatic carbocycles. The van der Waals surface area contributed by atoms with Gasteiger partial charge < -0.3 is 10.2 Å². The molecule has 1 aromatic rings. The van der Waals surface area contributed by atoms with Crippen LogP contribution in [0.15, 0.2) is 12.1 Å². The number of likely N-dealkylation sites (tertiary alicyclic amines) is 1. The summed E-state index contributed by atoms with van der Waals surface area (Å²) in [6.07, 6.45) is 2.13. The van der Waals surface area contributed by atoms with Gasteiger partial charge in [-0.3, -0.25) is 0 Å². The first kappa shape index (κ1) is 14.2. The summed E-state index contributed by atoms with van der Waals surface area (Å²) >= 11 is 0. The van der Waals surface area contributed by atoms with Crippen LogP contribution >= 0.6 is 0 Å². The number of nitrogens with one attached hydrogen (secondary N) is 1. The molecule has 0 bridgehead atoms. The fourth-order valence-corrected chi connectivity index (χ4v) is 2.64. The Morgan fingerprint density at radius 3 is 2.74 bits per heavy atom. The van der Waals surface area contributed by atoms with E-state index in [1.54, 1.807) is 0 Å². The molecule has 0 amide bonds. The maximum absolute atomic E-state index is 13.6. The van der Waals surface area contributed by atoms with E-state index in [2.05, 4.69) is 10.2 Å². The van der Waals surface area contributed by atoms with Crippen LogP contribution in [0.3, 0.4) is 0 Å². The summed E-state index contributed by atoms with van der Waals surface area (Å²) < 4.78 is 39.8. The van der Waals surface area contributed by atoms with Gasteiger partial charge in [0.25, 0.3) is 0 Å². The Morgan fingerprint density at radius 2 is 2.05 bits per heavy atom. The maximum Gasteiger partial charge on any atom is 0.182 e. The number of anilines is 1. The van der Waals surface area contributed by atoms with Gasteiger partial charge in [-0.2, -0.15) is 0 Å². The lowest BCUT2D eigenvalue weighted by Gasteiger charge is -2.34. The standard InChI is InChI=1S/C14H19F3N2/c1-9(10-4-3-5-19(2)8-10)18-13-7-11(15)6-12(16)14(13)17/h6-7,9-10,18H,3-5,8H2,1-2H3. The number of hydrogen-bond donors (Lipinski definition) is 1. The summed E-state index contributed by atoms with van der Waals surface area (Å²) in [6.45, 7) is 3.89. The van der Waals surface area contributed by atoms with Gasteiger partial charge >= 0.3 is 0 Å². The van der Waals surface area contributed by atoms with E-state index in [1.807, 2.05) is 14.0 Å². The van der Waals surface area contributed by atoms with E-state index in [-0.39, 0.29) is 11.7 Å². The Hall–Kier alpha value is -1.23. The molecule has 2 nitrogen and oxygen atoms in total. The monoisotopic (exact) mass is 272 g/mol. The number of rotatable bonds is 3. The summed E-state index contributed by atoms with van der Waals surface area (Å²) in [6, 6.07) is 1.53. The minimum absolute atomic E-state index is 0.0292. The molecule has 1 fully saturated rings. The van der Waals surface area contributed by atoms with Crippen LogP contribution in [0.25, 0.3) is 0 Å². The highest BCUT2D eigenvalue weighted by atomic mass is 19.2. The van der Waals surface area contributed by atoms with E-state index < -0.39 is 17.5 Å². The molecule has 2 rings (SSSR count). The zero-order valence-corrected chi connectivity index (χ0v) is 11.2. The maximum atomic E-state index is 13.6. The lowest BCUT2D eigenvalue weighted by Crippen LogP contribution is -2.40. The smallest absolute Gasteiger partial charge is 0.182 e. The van der Waals surface area contributed by atoms with Crippen LogP contribution in [-0.2, 0) is 0 Å². The predicted molar refractivity (Wildman–Crippen MR) is 69.6 cm³/mol. The average Bonchev–Trinajstić information content (AvgIpc) is 2.35. The van der Waals surface area contributed by atoms with Crippen LogP contribution in [0, 0.1) is 23.4 Å². The molecule has 19 heavy (non-hydrogen) atoms. The highest BCUT2D eigenvalue weighted by Crippen LogP contribution is 2.24. The summed E-state index contributed by atoms with van der Waals surface area (Å²) in [4.78, 5) is 2.22. The van der Waals surface area contributed by atoms with E-state index in [0.717, 1.165) is 32.0 Å². The van der Waals surface area contributed by atoms with Crippen molar-refractivity contribution < 1.29 is 13.2 Å². The zero-order chi connectivity index (χ0) is 14.0. The summed E-state index contributed by atoms with van der Waals surface area (Å²) in [5.41, 5.74) is -0.0989. The minimum atomic E-state index is -1.16. The van der Waals surface area contributed by atoms with Crippen LogP contribution in [0.2, 0.25) is 0 Å². The first-order valence-electron chi connectivity index (χ1n) is 6.57. The van der Waals surface area contributed by atoms with E-state index in [4.69, 9.17) is 0 Å². The second-order valence-corrected chi connectivity index (χ2v) is 5.35. The van der Waals surface area contributed by atoms with E-state index in [9.17, 15) is 13.2 Å². The molecule has 2 unspecified atom stereocenters. The van der Waals surface area contributed by atoms with Gasteiger partial charge in [0.2, 0.25) is 0 Å². The normalized spacial score (nSPS) is 22.3. The molecule has 0 aliphatic carbocycles. The lowest BCUT2D eigenvalue weighted by molar-refractivity contribution is 0.197. The highest BCUT2D eigenvalue weighted by Gasteiger charge is 2.24. The van der Waals surface area contributed by atoms with Crippen LogP contribution in [0.1, 0.15) is 19.8 Å². The molecule has 0 aromatic heterocycles. The van der Waals surface area contributed by atoms with Gasteiger partial charge in [-0.15, -0.1) is 0 Å². The quantitative estimate of drug-likeness (QED) is 0.850. The van der Waals surface area contributed by atoms with Gasteiger partial charge in [0.05, 0.1) is 5.69 Å². The van der Waals surface area contributed by atoms with Crippen molar-refractivity contribution in [3.8, 4) is 0 Å².